The SMILES string of the molecule is CC(C)(C)OC(=O)N(Cc1cc(Br)ccc1OCC(F)F)C1CC(F)(F)C1. The molecule has 1 aliphatic carbocycles. The lowest BCUT2D eigenvalue weighted by Crippen LogP contribution is -2.53. The summed E-state index contributed by atoms with van der Waals surface area (Å²) >= 11 is 3.28. The van der Waals surface area contributed by atoms with Crippen LogP contribution in [0.4, 0.5) is 22.4 Å². The Labute approximate surface area is 163 Å². The maximum Gasteiger partial charge on any atom is 0.410 e. The van der Waals surface area contributed by atoms with Crippen LogP contribution in [0, 0.1) is 0 Å². The Hall–Kier alpha value is -1.51. The first kappa shape index (κ1) is 21.8. The summed E-state index contributed by atoms with van der Waals surface area (Å²) in [7, 11) is 0. The van der Waals surface area contributed by atoms with E-state index in [-0.39, 0.29) is 12.3 Å². The van der Waals surface area contributed by atoms with Gasteiger partial charge in [-0.2, -0.15) is 0 Å². The van der Waals surface area contributed by atoms with E-state index in [1.54, 1.807) is 32.9 Å². The van der Waals surface area contributed by atoms with Crippen molar-refractivity contribution >= 4 is 22.0 Å². The molecule has 1 aromatic rings. The fourth-order valence-electron chi connectivity index (χ4n) is 2.66. The summed E-state index contributed by atoms with van der Waals surface area (Å²) < 4.78 is 62.7. The summed E-state index contributed by atoms with van der Waals surface area (Å²) in [4.78, 5) is 13.8. The van der Waals surface area contributed by atoms with Crippen molar-refractivity contribution in [1.82, 2.24) is 4.90 Å². The summed E-state index contributed by atoms with van der Waals surface area (Å²) in [6.45, 7) is 4.13. The van der Waals surface area contributed by atoms with Crippen molar-refractivity contribution in [3.63, 3.8) is 0 Å². The molecular formula is C18H22BrF4NO3. The average molecular weight is 456 g/mol. The molecule has 27 heavy (non-hydrogen) atoms. The van der Waals surface area contributed by atoms with Crippen molar-refractivity contribution in [3.05, 3.63) is 28.2 Å². The van der Waals surface area contributed by atoms with Crippen LogP contribution in [0.5, 0.6) is 5.75 Å². The quantitative estimate of drug-likeness (QED) is 0.521. The van der Waals surface area contributed by atoms with Gasteiger partial charge in [-0.25, -0.2) is 22.4 Å². The molecule has 0 aliphatic heterocycles. The van der Waals surface area contributed by atoms with Gasteiger partial charge in [-0.3, -0.25) is 0 Å². The zero-order valence-corrected chi connectivity index (χ0v) is 16.9. The molecule has 1 fully saturated rings. The van der Waals surface area contributed by atoms with E-state index in [1.807, 2.05) is 0 Å². The molecule has 0 N–H and O–H groups in total. The van der Waals surface area contributed by atoms with E-state index in [0.717, 1.165) is 0 Å². The van der Waals surface area contributed by atoms with Crippen LogP contribution in [-0.2, 0) is 11.3 Å². The molecular weight excluding hydrogens is 434 g/mol. The minimum absolute atomic E-state index is 0.0896. The zero-order valence-electron chi connectivity index (χ0n) is 15.3. The number of amides is 1. The number of carbonyl (C=O) groups excluding carboxylic acids is 1. The molecule has 152 valence electrons. The summed E-state index contributed by atoms with van der Waals surface area (Å²) in [5, 5.41) is 0. The van der Waals surface area contributed by atoms with Gasteiger partial charge in [0.1, 0.15) is 18.0 Å². The lowest BCUT2D eigenvalue weighted by molar-refractivity contribution is -0.124. The van der Waals surface area contributed by atoms with Crippen molar-refractivity contribution in [2.24, 2.45) is 0 Å². The van der Waals surface area contributed by atoms with Crippen LogP contribution in [0.15, 0.2) is 22.7 Å². The molecule has 2 rings (SSSR count). The molecule has 0 unspecified atom stereocenters. The Morgan fingerprint density at radius 1 is 1.33 bits per heavy atom. The normalized spacial score (nSPS) is 16.8. The third-order valence-electron chi connectivity index (χ3n) is 3.87. The van der Waals surface area contributed by atoms with Crippen LogP contribution >= 0.6 is 15.9 Å². The Balaban J connectivity index is 2.24. The van der Waals surface area contributed by atoms with Gasteiger partial charge in [0, 0.05) is 28.9 Å². The molecule has 0 saturated heterocycles. The van der Waals surface area contributed by atoms with Crippen LogP contribution in [0.1, 0.15) is 39.2 Å². The predicted octanol–water partition coefficient (Wildman–Crippen LogP) is 5.63. The van der Waals surface area contributed by atoms with Crippen LogP contribution in [0.3, 0.4) is 0 Å². The van der Waals surface area contributed by atoms with Crippen LogP contribution in [0.2, 0.25) is 0 Å². The van der Waals surface area contributed by atoms with Gasteiger partial charge in [-0.15, -0.1) is 0 Å². The molecule has 0 bridgehead atoms. The number of ether oxygens (including phenoxy) is 2. The van der Waals surface area contributed by atoms with E-state index in [2.05, 4.69) is 15.9 Å². The van der Waals surface area contributed by atoms with E-state index >= 15 is 0 Å². The first-order chi connectivity index (χ1) is 12.4. The molecule has 0 atom stereocenters. The topological polar surface area (TPSA) is 38.8 Å². The minimum atomic E-state index is -2.82. The molecule has 1 aliphatic rings. The summed E-state index contributed by atoms with van der Waals surface area (Å²) in [5.41, 5.74) is -0.375. The number of benzene rings is 1. The average Bonchev–Trinajstić information content (AvgIpc) is 2.47. The highest BCUT2D eigenvalue weighted by Gasteiger charge is 2.50. The molecule has 1 aromatic carbocycles. The smallest absolute Gasteiger partial charge is 0.410 e. The van der Waals surface area contributed by atoms with Crippen molar-refractivity contribution < 1.29 is 31.8 Å². The summed E-state index contributed by atoms with van der Waals surface area (Å²) in [6, 6.07) is 4.01. The van der Waals surface area contributed by atoms with Crippen LogP contribution in [-0.4, -0.2) is 41.6 Å². The number of halogens is 5. The number of hydrogen-bond acceptors (Lipinski definition) is 3. The molecule has 0 radical (unpaired) electrons. The number of nitrogens with zero attached hydrogens (tertiary/aromatic N) is 1. The van der Waals surface area contributed by atoms with Gasteiger partial charge >= 0.3 is 6.09 Å². The van der Waals surface area contributed by atoms with E-state index in [1.165, 1.54) is 11.0 Å². The molecule has 4 nitrogen and oxygen atoms in total. The van der Waals surface area contributed by atoms with Gasteiger partial charge in [-0.05, 0) is 39.0 Å². The second kappa shape index (κ2) is 8.24. The van der Waals surface area contributed by atoms with E-state index in [4.69, 9.17) is 9.47 Å². The predicted molar refractivity (Wildman–Crippen MR) is 95.4 cm³/mol. The van der Waals surface area contributed by atoms with E-state index < -0.39 is 49.5 Å². The Morgan fingerprint density at radius 3 is 2.48 bits per heavy atom. The number of rotatable bonds is 6. The standard InChI is InChI=1S/C18H22BrF4NO3/c1-17(2,3)27-16(25)24(13-7-18(22,23)8-13)9-11-6-12(19)4-5-14(11)26-10-15(20)21/h4-6,13,15H,7-10H2,1-3H3. The molecule has 1 saturated carbocycles. The molecule has 0 spiro atoms. The van der Waals surface area contributed by atoms with Gasteiger partial charge in [-0.1, -0.05) is 15.9 Å². The lowest BCUT2D eigenvalue weighted by atomic mass is 9.86. The highest BCUT2D eigenvalue weighted by molar-refractivity contribution is 9.10. The third kappa shape index (κ3) is 6.55. The number of carbonyl (C=O) groups is 1. The number of alkyl halides is 4. The summed E-state index contributed by atoms with van der Waals surface area (Å²) in [5.74, 6) is -2.66. The molecule has 0 heterocycles. The maximum atomic E-state index is 13.3. The largest absolute Gasteiger partial charge is 0.487 e. The Morgan fingerprint density at radius 2 is 1.96 bits per heavy atom. The van der Waals surface area contributed by atoms with Crippen molar-refractivity contribution in [1.29, 1.82) is 0 Å². The van der Waals surface area contributed by atoms with Gasteiger partial charge in [0.15, 0.2) is 0 Å². The second-order valence-corrected chi connectivity index (χ2v) is 8.40. The van der Waals surface area contributed by atoms with Crippen molar-refractivity contribution in [2.45, 2.75) is 64.1 Å². The highest BCUT2D eigenvalue weighted by Crippen LogP contribution is 2.42. The first-order valence-corrected chi connectivity index (χ1v) is 9.22. The molecule has 0 aromatic heterocycles. The van der Waals surface area contributed by atoms with Gasteiger partial charge in [0.25, 0.3) is 12.3 Å². The van der Waals surface area contributed by atoms with Gasteiger partial charge in [0.2, 0.25) is 0 Å². The van der Waals surface area contributed by atoms with E-state index in [0.29, 0.717) is 10.0 Å². The minimum Gasteiger partial charge on any atom is -0.487 e. The van der Waals surface area contributed by atoms with E-state index in [9.17, 15) is 22.4 Å². The van der Waals surface area contributed by atoms with Gasteiger partial charge in [0.05, 0.1) is 6.54 Å². The van der Waals surface area contributed by atoms with Crippen LogP contribution in [0.25, 0.3) is 0 Å². The monoisotopic (exact) mass is 455 g/mol. The van der Waals surface area contributed by atoms with Gasteiger partial charge < -0.3 is 14.4 Å². The first-order valence-electron chi connectivity index (χ1n) is 8.43. The summed E-state index contributed by atoms with van der Waals surface area (Å²) in [6.07, 6.45) is -4.32. The number of hydrogen-bond donors (Lipinski definition) is 0. The van der Waals surface area contributed by atoms with Crippen molar-refractivity contribution in [2.75, 3.05) is 6.61 Å². The fraction of sp³-hybridized carbons (Fsp3) is 0.611. The fourth-order valence-corrected chi connectivity index (χ4v) is 3.07. The maximum absolute atomic E-state index is 13.3. The molecule has 1 amide bonds. The Kier molecular flexibility index (Phi) is 6.65. The zero-order chi connectivity index (χ0) is 20.4. The highest BCUT2D eigenvalue weighted by atomic mass is 79.9. The van der Waals surface area contributed by atoms with Crippen LogP contribution < -0.4 is 4.74 Å². The third-order valence-corrected chi connectivity index (χ3v) is 4.36. The second-order valence-electron chi connectivity index (χ2n) is 7.48. The van der Waals surface area contributed by atoms with Crippen molar-refractivity contribution in [3.8, 4) is 5.75 Å². The Bertz CT molecular complexity index is 671. The molecule has 9 heteroatoms. The lowest BCUT2D eigenvalue weighted by Gasteiger charge is -2.42.